The number of hydrogen-bond donors (Lipinski definition) is 2. The molecule has 0 saturated carbocycles. The Morgan fingerprint density at radius 1 is 1.47 bits per heavy atom. The number of hydrogen-bond acceptors (Lipinski definition) is 4. The second-order valence-corrected chi connectivity index (χ2v) is 4.51. The van der Waals surface area contributed by atoms with Crippen LogP contribution in [0.2, 0.25) is 0 Å². The zero-order chi connectivity index (χ0) is 14.3. The van der Waals surface area contributed by atoms with Crippen LogP contribution in [0.4, 0.5) is 11.4 Å². The van der Waals surface area contributed by atoms with Crippen LogP contribution in [0.1, 0.15) is 18.9 Å². The molecule has 0 spiro atoms. The second-order valence-electron chi connectivity index (χ2n) is 4.51. The summed E-state index contributed by atoms with van der Waals surface area (Å²) in [5.74, 6) is -0.0849. The summed E-state index contributed by atoms with van der Waals surface area (Å²) in [4.78, 5) is 11.8. The first-order valence-electron chi connectivity index (χ1n) is 6.29. The van der Waals surface area contributed by atoms with E-state index in [0.717, 1.165) is 11.3 Å². The number of methoxy groups -OCH3 is 1. The maximum absolute atomic E-state index is 11.8. The van der Waals surface area contributed by atoms with Gasteiger partial charge in [-0.25, -0.2) is 0 Å². The average Bonchev–Trinajstić information content (AvgIpc) is 2.34. The third-order valence-corrected chi connectivity index (χ3v) is 2.67. The van der Waals surface area contributed by atoms with Crippen LogP contribution < -0.4 is 11.1 Å². The Kier molecular flexibility index (Phi) is 6.32. The summed E-state index contributed by atoms with van der Waals surface area (Å²) in [6.45, 7) is 4.73. The number of aryl methyl sites for hydroxylation is 1. The quantitative estimate of drug-likeness (QED) is 0.740. The molecule has 0 fully saturated rings. The van der Waals surface area contributed by atoms with E-state index in [1.54, 1.807) is 19.2 Å². The predicted octanol–water partition coefficient (Wildman–Crippen LogP) is 1.96. The number of nitrogen functional groups attached to an aromatic ring is 1. The molecular weight excluding hydrogens is 244 g/mol. The highest BCUT2D eigenvalue weighted by Crippen LogP contribution is 2.18. The van der Waals surface area contributed by atoms with Gasteiger partial charge in [0.1, 0.15) is 0 Å². The van der Waals surface area contributed by atoms with E-state index in [9.17, 15) is 4.79 Å². The molecule has 1 atom stereocenters. The van der Waals surface area contributed by atoms with Crippen LogP contribution in [0.3, 0.4) is 0 Å². The van der Waals surface area contributed by atoms with Crippen molar-refractivity contribution in [1.82, 2.24) is 0 Å². The van der Waals surface area contributed by atoms with E-state index < -0.39 is 0 Å². The lowest BCUT2D eigenvalue weighted by Gasteiger charge is -2.12. The molecule has 106 valence electrons. The SMILES string of the molecule is COCC(C)OCCC(=O)Nc1cc(N)ccc1C. The van der Waals surface area contributed by atoms with Crippen molar-refractivity contribution in [1.29, 1.82) is 0 Å². The van der Waals surface area contributed by atoms with Crippen molar-refractivity contribution in [2.45, 2.75) is 26.4 Å². The lowest BCUT2D eigenvalue weighted by atomic mass is 10.2. The Labute approximate surface area is 114 Å². The standard InChI is InChI=1S/C14H22N2O3/c1-10-4-5-12(15)8-13(10)16-14(17)6-7-19-11(2)9-18-3/h4-5,8,11H,6-7,9,15H2,1-3H3,(H,16,17). The van der Waals surface area contributed by atoms with E-state index in [4.69, 9.17) is 15.2 Å². The average molecular weight is 266 g/mol. The minimum Gasteiger partial charge on any atom is -0.399 e. The summed E-state index contributed by atoms with van der Waals surface area (Å²) >= 11 is 0. The van der Waals surface area contributed by atoms with Crippen molar-refractivity contribution in [3.63, 3.8) is 0 Å². The summed E-state index contributed by atoms with van der Waals surface area (Å²) in [6, 6.07) is 5.43. The van der Waals surface area contributed by atoms with Gasteiger partial charge in [-0.15, -0.1) is 0 Å². The van der Waals surface area contributed by atoms with Gasteiger partial charge in [-0.2, -0.15) is 0 Å². The highest BCUT2D eigenvalue weighted by Gasteiger charge is 2.07. The van der Waals surface area contributed by atoms with Crippen molar-refractivity contribution < 1.29 is 14.3 Å². The van der Waals surface area contributed by atoms with Crippen LogP contribution in [-0.2, 0) is 14.3 Å². The lowest BCUT2D eigenvalue weighted by molar-refractivity contribution is -0.117. The number of nitrogens with one attached hydrogen (secondary N) is 1. The summed E-state index contributed by atoms with van der Waals surface area (Å²) in [7, 11) is 1.62. The van der Waals surface area contributed by atoms with Crippen molar-refractivity contribution in [3.05, 3.63) is 23.8 Å². The number of carbonyl (C=O) groups excluding carboxylic acids is 1. The zero-order valence-electron chi connectivity index (χ0n) is 11.7. The molecule has 1 aromatic carbocycles. The van der Waals surface area contributed by atoms with E-state index in [0.29, 0.717) is 25.3 Å². The van der Waals surface area contributed by atoms with E-state index in [2.05, 4.69) is 5.32 Å². The molecule has 0 heterocycles. The molecule has 0 aliphatic carbocycles. The van der Waals surface area contributed by atoms with Crippen molar-refractivity contribution in [3.8, 4) is 0 Å². The fourth-order valence-corrected chi connectivity index (χ4v) is 1.62. The molecule has 1 unspecified atom stereocenters. The first-order chi connectivity index (χ1) is 9.02. The van der Waals surface area contributed by atoms with Gasteiger partial charge in [-0.05, 0) is 31.5 Å². The first-order valence-corrected chi connectivity index (χ1v) is 6.29. The van der Waals surface area contributed by atoms with Gasteiger partial charge in [-0.3, -0.25) is 4.79 Å². The third kappa shape index (κ3) is 5.72. The Morgan fingerprint density at radius 2 is 2.21 bits per heavy atom. The zero-order valence-corrected chi connectivity index (χ0v) is 11.7. The summed E-state index contributed by atoms with van der Waals surface area (Å²) in [5.41, 5.74) is 8.04. The monoisotopic (exact) mass is 266 g/mol. The Bertz CT molecular complexity index is 421. The molecule has 0 aliphatic heterocycles. The minimum atomic E-state index is -0.0849. The Balaban J connectivity index is 2.37. The Morgan fingerprint density at radius 3 is 2.89 bits per heavy atom. The summed E-state index contributed by atoms with van der Waals surface area (Å²) in [5, 5.41) is 2.83. The van der Waals surface area contributed by atoms with E-state index in [1.165, 1.54) is 0 Å². The van der Waals surface area contributed by atoms with Crippen LogP contribution >= 0.6 is 0 Å². The number of benzene rings is 1. The first kappa shape index (κ1) is 15.5. The molecule has 0 bridgehead atoms. The molecular formula is C14H22N2O3. The van der Waals surface area contributed by atoms with Crippen LogP contribution in [0.5, 0.6) is 0 Å². The van der Waals surface area contributed by atoms with Gasteiger partial charge in [0.05, 0.1) is 25.7 Å². The van der Waals surface area contributed by atoms with Gasteiger partial charge in [-0.1, -0.05) is 6.07 Å². The van der Waals surface area contributed by atoms with E-state index in [-0.39, 0.29) is 12.0 Å². The molecule has 1 amide bonds. The van der Waals surface area contributed by atoms with Gasteiger partial charge in [0, 0.05) is 18.5 Å². The molecule has 1 rings (SSSR count). The van der Waals surface area contributed by atoms with Crippen molar-refractivity contribution in [2.24, 2.45) is 0 Å². The molecule has 0 saturated heterocycles. The third-order valence-electron chi connectivity index (χ3n) is 2.67. The number of carbonyl (C=O) groups is 1. The summed E-state index contributed by atoms with van der Waals surface area (Å²) in [6.07, 6.45) is 0.300. The molecule has 1 aromatic rings. The molecule has 0 aromatic heterocycles. The maximum atomic E-state index is 11.8. The van der Waals surface area contributed by atoms with Gasteiger partial charge in [0.25, 0.3) is 0 Å². The van der Waals surface area contributed by atoms with Crippen molar-refractivity contribution in [2.75, 3.05) is 31.4 Å². The molecule has 5 heteroatoms. The summed E-state index contributed by atoms with van der Waals surface area (Å²) < 4.78 is 10.4. The molecule has 0 aliphatic rings. The van der Waals surface area contributed by atoms with Gasteiger partial charge >= 0.3 is 0 Å². The fourth-order valence-electron chi connectivity index (χ4n) is 1.62. The smallest absolute Gasteiger partial charge is 0.226 e. The molecule has 0 radical (unpaired) electrons. The largest absolute Gasteiger partial charge is 0.399 e. The number of rotatable bonds is 7. The van der Waals surface area contributed by atoms with E-state index in [1.807, 2.05) is 19.9 Å². The number of amides is 1. The minimum absolute atomic E-state index is 0.00749. The number of ether oxygens (including phenoxy) is 2. The van der Waals surface area contributed by atoms with Crippen LogP contribution in [0.25, 0.3) is 0 Å². The molecule has 19 heavy (non-hydrogen) atoms. The van der Waals surface area contributed by atoms with Crippen LogP contribution in [0, 0.1) is 6.92 Å². The topological polar surface area (TPSA) is 73.6 Å². The predicted molar refractivity (Wildman–Crippen MR) is 76.1 cm³/mol. The van der Waals surface area contributed by atoms with Gasteiger partial charge in [0.15, 0.2) is 0 Å². The molecule has 3 N–H and O–H groups in total. The molecule has 5 nitrogen and oxygen atoms in total. The number of anilines is 2. The second kappa shape index (κ2) is 7.76. The maximum Gasteiger partial charge on any atom is 0.226 e. The van der Waals surface area contributed by atoms with Crippen LogP contribution in [-0.4, -0.2) is 32.3 Å². The number of nitrogens with two attached hydrogens (primary N) is 1. The Hall–Kier alpha value is -1.59. The van der Waals surface area contributed by atoms with E-state index >= 15 is 0 Å². The lowest BCUT2D eigenvalue weighted by Crippen LogP contribution is -2.20. The normalized spacial score (nSPS) is 12.2. The highest BCUT2D eigenvalue weighted by atomic mass is 16.5. The fraction of sp³-hybridized carbons (Fsp3) is 0.500. The highest BCUT2D eigenvalue weighted by molar-refractivity contribution is 5.92. The van der Waals surface area contributed by atoms with Crippen molar-refractivity contribution >= 4 is 17.3 Å². The van der Waals surface area contributed by atoms with Gasteiger partial charge in [0.2, 0.25) is 5.91 Å². The van der Waals surface area contributed by atoms with Gasteiger partial charge < -0.3 is 20.5 Å². The van der Waals surface area contributed by atoms with Crippen LogP contribution in [0.15, 0.2) is 18.2 Å².